The number of hydrogen-bond donors (Lipinski definition) is 0. The molecule has 2 aliphatic rings. The number of pyridine rings is 1. The van der Waals surface area contributed by atoms with Gasteiger partial charge in [-0.1, -0.05) is 12.5 Å². The van der Waals surface area contributed by atoms with Crippen molar-refractivity contribution in [2.24, 2.45) is 4.99 Å². The molecule has 100 valence electrons. The number of esters is 1. The SMILES string of the molecule is O=C1CC(=NCc2cccnc2)C2(CCCCC2)O1. The van der Waals surface area contributed by atoms with Crippen molar-refractivity contribution in [1.29, 1.82) is 0 Å². The molecule has 1 spiro atoms. The minimum Gasteiger partial charge on any atom is -0.453 e. The van der Waals surface area contributed by atoms with Gasteiger partial charge >= 0.3 is 5.97 Å². The van der Waals surface area contributed by atoms with Gasteiger partial charge in [0.2, 0.25) is 0 Å². The molecule has 2 heterocycles. The van der Waals surface area contributed by atoms with Crippen molar-refractivity contribution in [1.82, 2.24) is 4.98 Å². The lowest BCUT2D eigenvalue weighted by molar-refractivity contribution is -0.148. The van der Waals surface area contributed by atoms with Crippen molar-refractivity contribution in [3.05, 3.63) is 30.1 Å². The minimum absolute atomic E-state index is 0.119. The third-order valence-electron chi connectivity index (χ3n) is 3.98. The van der Waals surface area contributed by atoms with E-state index in [1.165, 1.54) is 6.42 Å². The van der Waals surface area contributed by atoms with Crippen LogP contribution in [0.5, 0.6) is 0 Å². The Morgan fingerprint density at radius 1 is 1.32 bits per heavy atom. The molecule has 0 bridgehead atoms. The van der Waals surface area contributed by atoms with Crippen LogP contribution in [0.3, 0.4) is 0 Å². The van der Waals surface area contributed by atoms with Crippen LogP contribution in [0.4, 0.5) is 0 Å². The molecule has 1 aromatic heterocycles. The Balaban J connectivity index is 1.79. The van der Waals surface area contributed by atoms with Crippen molar-refractivity contribution in [2.75, 3.05) is 0 Å². The number of hydrogen-bond acceptors (Lipinski definition) is 4. The average Bonchev–Trinajstić information content (AvgIpc) is 2.74. The van der Waals surface area contributed by atoms with Crippen LogP contribution in [0.1, 0.15) is 44.1 Å². The molecule has 0 atom stereocenters. The van der Waals surface area contributed by atoms with Gasteiger partial charge in [-0.15, -0.1) is 0 Å². The summed E-state index contributed by atoms with van der Waals surface area (Å²) < 4.78 is 5.61. The lowest BCUT2D eigenvalue weighted by atomic mass is 9.81. The van der Waals surface area contributed by atoms with E-state index in [1.54, 1.807) is 6.20 Å². The quantitative estimate of drug-likeness (QED) is 0.766. The summed E-state index contributed by atoms with van der Waals surface area (Å²) in [5, 5.41) is 0. The zero-order chi connectivity index (χ0) is 13.1. The van der Waals surface area contributed by atoms with Gasteiger partial charge < -0.3 is 4.74 Å². The van der Waals surface area contributed by atoms with Gasteiger partial charge in [-0.3, -0.25) is 14.8 Å². The molecule has 0 radical (unpaired) electrons. The Bertz CT molecular complexity index is 490. The topological polar surface area (TPSA) is 51.5 Å². The van der Waals surface area contributed by atoms with E-state index in [0.29, 0.717) is 13.0 Å². The summed E-state index contributed by atoms with van der Waals surface area (Å²) in [5.41, 5.74) is 1.64. The van der Waals surface area contributed by atoms with E-state index in [2.05, 4.69) is 9.98 Å². The summed E-state index contributed by atoms with van der Waals surface area (Å²) in [5.74, 6) is -0.119. The predicted octanol–water partition coefficient (Wildman–Crippen LogP) is 2.67. The third-order valence-corrected chi connectivity index (χ3v) is 3.98. The summed E-state index contributed by atoms with van der Waals surface area (Å²) in [6.45, 7) is 0.585. The molecule has 4 nitrogen and oxygen atoms in total. The smallest absolute Gasteiger partial charge is 0.312 e. The van der Waals surface area contributed by atoms with Crippen molar-refractivity contribution >= 4 is 11.7 Å². The lowest BCUT2D eigenvalue weighted by Gasteiger charge is -2.32. The maximum atomic E-state index is 11.6. The van der Waals surface area contributed by atoms with Gasteiger partial charge in [-0.05, 0) is 37.3 Å². The molecule has 1 aliphatic carbocycles. The zero-order valence-corrected chi connectivity index (χ0v) is 11.0. The summed E-state index contributed by atoms with van der Waals surface area (Å²) >= 11 is 0. The van der Waals surface area contributed by atoms with Crippen molar-refractivity contribution in [3.8, 4) is 0 Å². The monoisotopic (exact) mass is 258 g/mol. The van der Waals surface area contributed by atoms with Crippen molar-refractivity contribution < 1.29 is 9.53 Å². The first-order valence-electron chi connectivity index (χ1n) is 6.93. The van der Waals surface area contributed by atoms with Gasteiger partial charge in [0.1, 0.15) is 0 Å². The van der Waals surface area contributed by atoms with Crippen LogP contribution in [0.15, 0.2) is 29.5 Å². The first kappa shape index (κ1) is 12.3. The summed E-state index contributed by atoms with van der Waals surface area (Å²) in [6.07, 6.45) is 9.28. The lowest BCUT2D eigenvalue weighted by Crippen LogP contribution is -2.38. The maximum Gasteiger partial charge on any atom is 0.312 e. The van der Waals surface area contributed by atoms with Gasteiger partial charge in [0.05, 0.1) is 18.7 Å². The fraction of sp³-hybridized carbons (Fsp3) is 0.533. The number of carbonyl (C=O) groups is 1. The molecule has 0 N–H and O–H groups in total. The van der Waals surface area contributed by atoms with Crippen LogP contribution in [0.25, 0.3) is 0 Å². The largest absolute Gasteiger partial charge is 0.453 e. The molecule has 0 unspecified atom stereocenters. The van der Waals surface area contributed by atoms with E-state index >= 15 is 0 Å². The third kappa shape index (κ3) is 2.53. The minimum atomic E-state index is -0.377. The van der Waals surface area contributed by atoms with E-state index in [9.17, 15) is 4.79 Å². The second kappa shape index (κ2) is 5.11. The molecular weight excluding hydrogens is 240 g/mol. The molecule has 1 aromatic rings. The Hall–Kier alpha value is -1.71. The fourth-order valence-electron chi connectivity index (χ4n) is 3.00. The van der Waals surface area contributed by atoms with E-state index in [1.807, 2.05) is 18.3 Å². The Kier molecular flexibility index (Phi) is 3.32. The summed E-state index contributed by atoms with van der Waals surface area (Å²) in [6, 6.07) is 3.91. The van der Waals surface area contributed by atoms with E-state index < -0.39 is 0 Å². The number of aliphatic imine (C=N–C) groups is 1. The second-order valence-corrected chi connectivity index (χ2v) is 5.33. The number of ether oxygens (including phenoxy) is 1. The van der Waals surface area contributed by atoms with Gasteiger partial charge in [-0.25, -0.2) is 0 Å². The van der Waals surface area contributed by atoms with Crippen molar-refractivity contribution in [3.63, 3.8) is 0 Å². The number of nitrogens with zero attached hydrogens (tertiary/aromatic N) is 2. The van der Waals surface area contributed by atoms with Crippen LogP contribution in [0, 0.1) is 0 Å². The highest BCUT2D eigenvalue weighted by Gasteiger charge is 2.46. The van der Waals surface area contributed by atoms with Crippen LogP contribution in [0.2, 0.25) is 0 Å². The van der Waals surface area contributed by atoms with E-state index in [4.69, 9.17) is 4.74 Å². The Labute approximate surface area is 112 Å². The highest BCUT2D eigenvalue weighted by Crippen LogP contribution is 2.38. The number of rotatable bonds is 2. The van der Waals surface area contributed by atoms with Crippen molar-refractivity contribution in [2.45, 2.75) is 50.7 Å². The highest BCUT2D eigenvalue weighted by molar-refractivity contribution is 6.09. The summed E-state index contributed by atoms with van der Waals surface area (Å²) in [7, 11) is 0. The van der Waals surface area contributed by atoms with Crippen LogP contribution in [-0.2, 0) is 16.1 Å². The maximum absolute atomic E-state index is 11.6. The predicted molar refractivity (Wildman–Crippen MR) is 71.9 cm³/mol. The number of aromatic nitrogens is 1. The zero-order valence-electron chi connectivity index (χ0n) is 11.0. The standard InChI is InChI=1S/C15H18N2O2/c18-14-9-13(15(19-14)6-2-1-3-7-15)17-11-12-5-4-8-16-10-12/h4-5,8,10H,1-3,6-7,9,11H2. The Morgan fingerprint density at radius 3 is 2.89 bits per heavy atom. The summed E-state index contributed by atoms with van der Waals surface area (Å²) in [4.78, 5) is 20.4. The average molecular weight is 258 g/mol. The van der Waals surface area contributed by atoms with Crippen LogP contribution < -0.4 is 0 Å². The first-order chi connectivity index (χ1) is 9.28. The molecule has 2 fully saturated rings. The first-order valence-corrected chi connectivity index (χ1v) is 6.93. The molecule has 0 amide bonds. The van der Waals surface area contributed by atoms with E-state index in [0.717, 1.165) is 37.0 Å². The normalized spacial score (nSPS) is 23.8. The molecule has 1 saturated heterocycles. The van der Waals surface area contributed by atoms with Gasteiger partial charge in [-0.2, -0.15) is 0 Å². The fourth-order valence-corrected chi connectivity index (χ4v) is 3.00. The van der Waals surface area contributed by atoms with E-state index in [-0.39, 0.29) is 11.6 Å². The van der Waals surface area contributed by atoms with Crippen LogP contribution >= 0.6 is 0 Å². The molecule has 4 heteroatoms. The molecular formula is C15H18N2O2. The highest BCUT2D eigenvalue weighted by atomic mass is 16.6. The van der Waals surface area contributed by atoms with Gasteiger partial charge in [0, 0.05) is 12.4 Å². The molecule has 0 aromatic carbocycles. The van der Waals surface area contributed by atoms with Gasteiger partial charge in [0.25, 0.3) is 0 Å². The second-order valence-electron chi connectivity index (χ2n) is 5.33. The molecule has 1 aliphatic heterocycles. The molecule has 3 rings (SSSR count). The molecule has 1 saturated carbocycles. The van der Waals surface area contributed by atoms with Crippen LogP contribution in [-0.4, -0.2) is 22.3 Å². The number of carbonyl (C=O) groups excluding carboxylic acids is 1. The molecule has 19 heavy (non-hydrogen) atoms. The Morgan fingerprint density at radius 2 is 2.16 bits per heavy atom. The van der Waals surface area contributed by atoms with Gasteiger partial charge in [0.15, 0.2) is 5.60 Å².